The first-order chi connectivity index (χ1) is 12.9. The Morgan fingerprint density at radius 3 is 2.89 bits per heavy atom. The van der Waals surface area contributed by atoms with Gasteiger partial charge in [0.2, 0.25) is 5.91 Å². The van der Waals surface area contributed by atoms with E-state index in [9.17, 15) is 4.79 Å². The lowest BCUT2D eigenvalue weighted by Gasteiger charge is -2.34. The van der Waals surface area contributed by atoms with Crippen molar-refractivity contribution in [2.24, 2.45) is 11.3 Å². The van der Waals surface area contributed by atoms with Crippen LogP contribution in [0.2, 0.25) is 0 Å². The second-order valence-electron chi connectivity index (χ2n) is 8.14. The van der Waals surface area contributed by atoms with Gasteiger partial charge in [-0.2, -0.15) is 0 Å². The van der Waals surface area contributed by atoms with Crippen LogP contribution in [0, 0.1) is 11.3 Å². The zero-order valence-corrected chi connectivity index (χ0v) is 17.4. The van der Waals surface area contributed by atoms with Crippen LogP contribution >= 0.6 is 11.9 Å². The molecule has 1 saturated heterocycles. The summed E-state index contributed by atoms with van der Waals surface area (Å²) in [7, 11) is 0. The Bertz CT molecular complexity index is 805. The number of aromatic nitrogens is 2. The highest BCUT2D eigenvalue weighted by molar-refractivity contribution is 7.96. The monoisotopic (exact) mass is 387 g/mol. The first kappa shape index (κ1) is 19.9. The lowest BCUT2D eigenvalue weighted by molar-refractivity contribution is -0.123. The van der Waals surface area contributed by atoms with Gasteiger partial charge in [-0.3, -0.25) is 9.52 Å². The van der Waals surface area contributed by atoms with Gasteiger partial charge in [0.05, 0.1) is 5.52 Å². The van der Waals surface area contributed by atoms with Gasteiger partial charge in [-0.25, -0.2) is 9.97 Å². The van der Waals surface area contributed by atoms with E-state index in [1.165, 1.54) is 12.8 Å². The molecule has 7 heteroatoms. The van der Waals surface area contributed by atoms with Crippen molar-refractivity contribution in [3.05, 3.63) is 24.5 Å². The van der Waals surface area contributed by atoms with Gasteiger partial charge in [-0.05, 0) is 43.2 Å². The number of anilines is 2. The van der Waals surface area contributed by atoms with E-state index >= 15 is 0 Å². The minimum absolute atomic E-state index is 0.00343. The molecule has 2 heterocycles. The first-order valence-corrected chi connectivity index (χ1v) is 10.7. The number of amides is 1. The number of piperidine rings is 1. The molecule has 1 fully saturated rings. The van der Waals surface area contributed by atoms with E-state index in [0.717, 1.165) is 42.0 Å². The third-order valence-electron chi connectivity index (χ3n) is 4.89. The van der Waals surface area contributed by atoms with Crippen LogP contribution in [-0.2, 0) is 4.79 Å². The average molecular weight is 388 g/mol. The molecule has 1 amide bonds. The predicted octanol–water partition coefficient (Wildman–Crippen LogP) is 3.70. The molecule has 0 bridgehead atoms. The topological polar surface area (TPSA) is 70.2 Å². The number of nitrogens with one attached hydrogen (secondary N) is 2. The van der Waals surface area contributed by atoms with Crippen molar-refractivity contribution in [1.82, 2.24) is 14.7 Å². The lowest BCUT2D eigenvalue weighted by Crippen LogP contribution is -2.39. The summed E-state index contributed by atoms with van der Waals surface area (Å²) in [5.41, 5.74) is 1.20. The number of carbonyl (C=O) groups is 1. The zero-order chi connectivity index (χ0) is 19.4. The minimum Gasteiger partial charge on any atom is -0.356 e. The third kappa shape index (κ3) is 4.90. The van der Waals surface area contributed by atoms with Crippen LogP contribution in [0.25, 0.3) is 10.9 Å². The highest BCUT2D eigenvalue weighted by Gasteiger charge is 2.23. The van der Waals surface area contributed by atoms with Crippen molar-refractivity contribution in [3.63, 3.8) is 0 Å². The zero-order valence-electron chi connectivity index (χ0n) is 16.6. The quantitative estimate of drug-likeness (QED) is 0.763. The van der Waals surface area contributed by atoms with Crippen molar-refractivity contribution in [3.8, 4) is 0 Å². The molecule has 1 atom stereocenters. The summed E-state index contributed by atoms with van der Waals surface area (Å²) in [6.07, 6.45) is 6.10. The Morgan fingerprint density at radius 2 is 2.15 bits per heavy atom. The van der Waals surface area contributed by atoms with Crippen molar-refractivity contribution in [2.75, 3.05) is 36.1 Å². The van der Waals surface area contributed by atoms with E-state index in [1.807, 2.05) is 39.0 Å². The van der Waals surface area contributed by atoms with Crippen LogP contribution in [0.4, 0.5) is 11.5 Å². The summed E-state index contributed by atoms with van der Waals surface area (Å²) in [5.74, 6) is 1.61. The average Bonchev–Trinajstić information content (AvgIpc) is 2.65. The molecule has 1 aliphatic rings. The van der Waals surface area contributed by atoms with Gasteiger partial charge < -0.3 is 10.2 Å². The van der Waals surface area contributed by atoms with Gasteiger partial charge in [0.1, 0.15) is 12.1 Å². The second-order valence-corrected chi connectivity index (χ2v) is 8.84. The van der Waals surface area contributed by atoms with Gasteiger partial charge in [0.25, 0.3) is 0 Å². The van der Waals surface area contributed by atoms with Gasteiger partial charge in [0.15, 0.2) is 0 Å². The van der Waals surface area contributed by atoms with Crippen LogP contribution in [0.3, 0.4) is 0 Å². The van der Waals surface area contributed by atoms with Crippen molar-refractivity contribution < 1.29 is 4.79 Å². The maximum atomic E-state index is 12.2. The molecule has 146 valence electrons. The molecule has 1 unspecified atom stereocenters. The highest BCUT2D eigenvalue weighted by atomic mass is 32.2. The third-order valence-corrected chi connectivity index (χ3v) is 5.34. The molecule has 0 spiro atoms. The first-order valence-electron chi connectivity index (χ1n) is 9.45. The molecule has 27 heavy (non-hydrogen) atoms. The van der Waals surface area contributed by atoms with Crippen LogP contribution in [0.5, 0.6) is 0 Å². The van der Waals surface area contributed by atoms with Crippen molar-refractivity contribution >= 4 is 40.3 Å². The highest BCUT2D eigenvalue weighted by Crippen LogP contribution is 2.29. The summed E-state index contributed by atoms with van der Waals surface area (Å²) >= 11 is 1.67. The van der Waals surface area contributed by atoms with Crippen LogP contribution in [-0.4, -0.2) is 41.8 Å². The Kier molecular flexibility index (Phi) is 6.22. The SMILES string of the molecule is CSNCC1CCCN(c2ncnc3cc(NC(=O)C(C)(C)C)ccc23)C1. The maximum Gasteiger partial charge on any atom is 0.229 e. The van der Waals surface area contributed by atoms with Gasteiger partial charge in [-0.15, -0.1) is 0 Å². The standard InChI is InChI=1S/C20H29N5OS/c1-20(2,3)19(26)24-15-7-8-16-17(10-15)21-13-22-18(16)25-9-5-6-14(12-25)11-23-27-4/h7-8,10,13-14,23H,5-6,9,11-12H2,1-4H3,(H,24,26). The molecule has 1 aromatic heterocycles. The van der Waals surface area contributed by atoms with E-state index in [4.69, 9.17) is 0 Å². The Labute approximate surface area is 165 Å². The van der Waals surface area contributed by atoms with Crippen LogP contribution < -0.4 is 14.9 Å². The fourth-order valence-corrected chi connectivity index (χ4v) is 3.72. The van der Waals surface area contributed by atoms with Gasteiger partial charge in [-0.1, -0.05) is 32.7 Å². The Hall–Kier alpha value is -1.86. The van der Waals surface area contributed by atoms with Gasteiger partial charge in [0, 0.05) is 36.1 Å². The number of benzene rings is 1. The van der Waals surface area contributed by atoms with E-state index < -0.39 is 5.41 Å². The van der Waals surface area contributed by atoms with Crippen molar-refractivity contribution in [1.29, 1.82) is 0 Å². The van der Waals surface area contributed by atoms with Crippen LogP contribution in [0.15, 0.2) is 24.5 Å². The summed E-state index contributed by atoms with van der Waals surface area (Å²) < 4.78 is 3.38. The molecule has 0 radical (unpaired) electrons. The molecule has 1 aromatic carbocycles. The van der Waals surface area contributed by atoms with E-state index in [0.29, 0.717) is 5.92 Å². The molecular formula is C20H29N5OS. The number of hydrogen-bond donors (Lipinski definition) is 2. The van der Waals surface area contributed by atoms with Crippen molar-refractivity contribution in [2.45, 2.75) is 33.6 Å². The molecule has 0 aliphatic carbocycles. The van der Waals surface area contributed by atoms with Gasteiger partial charge >= 0.3 is 0 Å². The number of carbonyl (C=O) groups excluding carboxylic acids is 1. The Balaban J connectivity index is 1.82. The summed E-state index contributed by atoms with van der Waals surface area (Å²) in [5, 5.41) is 4.01. The molecular weight excluding hydrogens is 358 g/mol. The predicted molar refractivity (Wildman–Crippen MR) is 114 cm³/mol. The normalized spacial score (nSPS) is 17.9. The number of nitrogens with zero attached hydrogens (tertiary/aromatic N) is 3. The Morgan fingerprint density at radius 1 is 1.33 bits per heavy atom. The lowest BCUT2D eigenvalue weighted by atomic mass is 9.95. The summed E-state index contributed by atoms with van der Waals surface area (Å²) in [6.45, 7) is 8.75. The smallest absolute Gasteiger partial charge is 0.229 e. The molecule has 1 aliphatic heterocycles. The number of rotatable bonds is 5. The number of hydrogen-bond acceptors (Lipinski definition) is 6. The summed E-state index contributed by atoms with van der Waals surface area (Å²) in [6, 6.07) is 5.89. The molecule has 2 N–H and O–H groups in total. The fraction of sp³-hybridized carbons (Fsp3) is 0.550. The van der Waals surface area contributed by atoms with E-state index in [-0.39, 0.29) is 5.91 Å². The molecule has 3 rings (SSSR count). The van der Waals surface area contributed by atoms with E-state index in [2.05, 4.69) is 31.2 Å². The second kappa shape index (κ2) is 8.44. The fourth-order valence-electron chi connectivity index (χ4n) is 3.32. The summed E-state index contributed by atoms with van der Waals surface area (Å²) in [4.78, 5) is 23.6. The van der Waals surface area contributed by atoms with E-state index in [1.54, 1.807) is 18.3 Å². The molecule has 0 saturated carbocycles. The maximum absolute atomic E-state index is 12.2. The molecule has 6 nitrogen and oxygen atoms in total. The minimum atomic E-state index is -0.431. The molecule has 2 aromatic rings. The largest absolute Gasteiger partial charge is 0.356 e. The number of fused-ring (bicyclic) bond motifs is 1. The van der Waals surface area contributed by atoms with Crippen LogP contribution in [0.1, 0.15) is 33.6 Å².